The van der Waals surface area contributed by atoms with Gasteiger partial charge in [-0.1, -0.05) is 41.5 Å². The van der Waals surface area contributed by atoms with Gasteiger partial charge in [-0.05, 0) is 35.7 Å². The minimum Gasteiger partial charge on any atom is -0.271 e. The van der Waals surface area contributed by atoms with Crippen molar-refractivity contribution in [3.63, 3.8) is 0 Å². The van der Waals surface area contributed by atoms with E-state index < -0.39 is 0 Å². The van der Waals surface area contributed by atoms with Gasteiger partial charge < -0.3 is 0 Å². The first-order valence-electron chi connectivity index (χ1n) is 8.29. The zero-order valence-electron chi connectivity index (χ0n) is 14.5. The van der Waals surface area contributed by atoms with Crippen LogP contribution in [-0.2, 0) is 6.42 Å². The monoisotopic (exact) mass is 292 g/mol. The van der Waals surface area contributed by atoms with Crippen LogP contribution in [-0.4, -0.2) is 15.8 Å². The van der Waals surface area contributed by atoms with E-state index in [1.54, 1.807) is 0 Å². The molecule has 0 spiro atoms. The van der Waals surface area contributed by atoms with E-state index in [1.807, 2.05) is 0 Å². The molecule has 1 saturated carbocycles. The first-order valence-corrected chi connectivity index (χ1v) is 8.29. The van der Waals surface area contributed by atoms with Gasteiger partial charge in [0.25, 0.3) is 0 Å². The lowest BCUT2D eigenvalue weighted by Gasteiger charge is -2.17. The van der Waals surface area contributed by atoms with Gasteiger partial charge in [-0.25, -0.2) is 0 Å². The molecule has 1 aromatic heterocycles. The SMILES string of the molecule is CCC(CC)n1ccc(CC(NN)C2C(C)(C)C2(C)C)n1. The fourth-order valence-corrected chi connectivity index (χ4v) is 4.10. The molecule has 0 radical (unpaired) electrons. The fraction of sp³-hybridized carbons (Fsp3) is 0.824. The minimum absolute atomic E-state index is 0.292. The molecule has 1 aromatic rings. The highest BCUT2D eigenvalue weighted by molar-refractivity contribution is 5.18. The average molecular weight is 292 g/mol. The van der Waals surface area contributed by atoms with Crippen LogP contribution in [0.3, 0.4) is 0 Å². The van der Waals surface area contributed by atoms with E-state index in [0.717, 1.165) is 25.0 Å². The van der Waals surface area contributed by atoms with E-state index in [1.165, 1.54) is 0 Å². The van der Waals surface area contributed by atoms with Crippen LogP contribution in [0.15, 0.2) is 12.3 Å². The summed E-state index contributed by atoms with van der Waals surface area (Å²) in [6.45, 7) is 13.8. The Morgan fingerprint density at radius 1 is 1.24 bits per heavy atom. The van der Waals surface area contributed by atoms with Gasteiger partial charge in [-0.3, -0.25) is 16.0 Å². The fourth-order valence-electron chi connectivity index (χ4n) is 4.10. The number of nitrogens with two attached hydrogens (primary N) is 1. The van der Waals surface area contributed by atoms with Crippen molar-refractivity contribution in [2.75, 3.05) is 0 Å². The van der Waals surface area contributed by atoms with Crippen LogP contribution in [0.4, 0.5) is 0 Å². The summed E-state index contributed by atoms with van der Waals surface area (Å²) in [5.41, 5.74) is 4.85. The van der Waals surface area contributed by atoms with E-state index in [4.69, 9.17) is 10.9 Å². The Morgan fingerprint density at radius 3 is 2.24 bits per heavy atom. The van der Waals surface area contributed by atoms with Crippen LogP contribution < -0.4 is 11.3 Å². The lowest BCUT2D eigenvalue weighted by atomic mass is 10.0. The van der Waals surface area contributed by atoms with Crippen molar-refractivity contribution in [2.24, 2.45) is 22.6 Å². The first kappa shape index (κ1) is 16.5. The van der Waals surface area contributed by atoms with Gasteiger partial charge in [-0.15, -0.1) is 0 Å². The second-order valence-electron chi connectivity index (χ2n) is 7.66. The summed E-state index contributed by atoms with van der Waals surface area (Å²) in [6, 6.07) is 2.95. The quantitative estimate of drug-likeness (QED) is 0.599. The normalized spacial score (nSPS) is 21.7. The summed E-state index contributed by atoms with van der Waals surface area (Å²) in [4.78, 5) is 0. The molecular weight excluding hydrogens is 260 g/mol. The Morgan fingerprint density at radius 2 is 1.81 bits per heavy atom. The molecule has 0 saturated heterocycles. The zero-order valence-corrected chi connectivity index (χ0v) is 14.5. The second-order valence-corrected chi connectivity index (χ2v) is 7.66. The molecule has 2 rings (SSSR count). The van der Waals surface area contributed by atoms with Crippen LogP contribution in [0.5, 0.6) is 0 Å². The number of aromatic nitrogens is 2. The van der Waals surface area contributed by atoms with Crippen molar-refractivity contribution in [1.29, 1.82) is 0 Å². The highest BCUT2D eigenvalue weighted by atomic mass is 15.3. The van der Waals surface area contributed by atoms with Crippen LogP contribution in [0.2, 0.25) is 0 Å². The van der Waals surface area contributed by atoms with E-state index in [2.05, 4.69) is 63.9 Å². The van der Waals surface area contributed by atoms with Crippen LogP contribution >= 0.6 is 0 Å². The third-order valence-corrected chi connectivity index (χ3v) is 6.16. The molecule has 1 aliphatic carbocycles. The average Bonchev–Trinajstić information content (AvgIpc) is 2.76. The molecule has 0 bridgehead atoms. The molecule has 120 valence electrons. The maximum absolute atomic E-state index is 5.84. The molecule has 0 aromatic carbocycles. The molecule has 21 heavy (non-hydrogen) atoms. The molecule has 1 aliphatic rings. The Balaban J connectivity index is 2.07. The first-order chi connectivity index (χ1) is 9.79. The van der Waals surface area contributed by atoms with Gasteiger partial charge in [0.2, 0.25) is 0 Å². The number of hydrogen-bond acceptors (Lipinski definition) is 3. The molecule has 1 fully saturated rings. The number of rotatable bonds is 7. The Kier molecular flexibility index (Phi) is 4.50. The molecule has 4 nitrogen and oxygen atoms in total. The van der Waals surface area contributed by atoms with Gasteiger partial charge in [0.1, 0.15) is 0 Å². The standard InChI is InChI=1S/C17H32N4/c1-7-13(8-2)21-10-9-12(20-21)11-14(19-18)15-16(3,4)17(15,5)6/h9-10,13-15,19H,7-8,11,18H2,1-6H3. The van der Waals surface area contributed by atoms with Crippen molar-refractivity contribution in [2.45, 2.75) is 72.9 Å². The zero-order chi connectivity index (χ0) is 15.8. The Bertz CT molecular complexity index is 457. The summed E-state index contributed by atoms with van der Waals surface area (Å²) >= 11 is 0. The highest BCUT2D eigenvalue weighted by Gasteiger charge is 2.66. The van der Waals surface area contributed by atoms with Crippen LogP contribution in [0, 0.1) is 16.7 Å². The van der Waals surface area contributed by atoms with Gasteiger partial charge >= 0.3 is 0 Å². The maximum Gasteiger partial charge on any atom is 0.0640 e. The van der Waals surface area contributed by atoms with E-state index in [9.17, 15) is 0 Å². The predicted molar refractivity (Wildman–Crippen MR) is 87.7 cm³/mol. The highest BCUT2D eigenvalue weighted by Crippen LogP contribution is 2.69. The summed E-state index contributed by atoms with van der Waals surface area (Å²) in [5.74, 6) is 6.43. The van der Waals surface area contributed by atoms with Crippen LogP contribution in [0.25, 0.3) is 0 Å². The lowest BCUT2D eigenvalue weighted by molar-refractivity contribution is 0.390. The molecule has 4 heteroatoms. The topological polar surface area (TPSA) is 55.9 Å². The lowest BCUT2D eigenvalue weighted by Crippen LogP contribution is -2.40. The smallest absolute Gasteiger partial charge is 0.0640 e. The maximum atomic E-state index is 5.84. The number of hydrogen-bond donors (Lipinski definition) is 2. The molecule has 0 amide bonds. The van der Waals surface area contributed by atoms with Gasteiger partial charge in [0.05, 0.1) is 11.7 Å². The third-order valence-electron chi connectivity index (χ3n) is 6.16. The van der Waals surface area contributed by atoms with Gasteiger partial charge in [-0.2, -0.15) is 5.10 Å². The minimum atomic E-state index is 0.292. The van der Waals surface area contributed by atoms with Crippen LogP contribution in [0.1, 0.15) is 66.1 Å². The largest absolute Gasteiger partial charge is 0.271 e. The van der Waals surface area contributed by atoms with Gasteiger partial charge in [0.15, 0.2) is 0 Å². The number of nitrogens with one attached hydrogen (secondary N) is 1. The summed E-state index contributed by atoms with van der Waals surface area (Å²) in [5, 5.41) is 4.77. The van der Waals surface area contributed by atoms with Crippen molar-refractivity contribution in [1.82, 2.24) is 15.2 Å². The third kappa shape index (κ3) is 2.76. The number of nitrogens with zero attached hydrogens (tertiary/aromatic N) is 2. The van der Waals surface area contributed by atoms with Crippen molar-refractivity contribution in [3.8, 4) is 0 Å². The van der Waals surface area contributed by atoms with Gasteiger partial charge in [0, 0.05) is 18.7 Å². The Labute approximate surface area is 129 Å². The van der Waals surface area contributed by atoms with Crippen molar-refractivity contribution >= 4 is 0 Å². The summed E-state index contributed by atoms with van der Waals surface area (Å²) in [6.07, 6.45) is 5.27. The molecule has 1 heterocycles. The molecule has 1 atom stereocenters. The molecule has 1 unspecified atom stereocenters. The van der Waals surface area contributed by atoms with E-state index >= 15 is 0 Å². The van der Waals surface area contributed by atoms with Crippen molar-refractivity contribution in [3.05, 3.63) is 18.0 Å². The summed E-state index contributed by atoms with van der Waals surface area (Å²) in [7, 11) is 0. The second kappa shape index (κ2) is 5.73. The van der Waals surface area contributed by atoms with Crippen molar-refractivity contribution < 1.29 is 0 Å². The summed E-state index contributed by atoms with van der Waals surface area (Å²) < 4.78 is 2.12. The predicted octanol–water partition coefficient (Wildman–Crippen LogP) is 3.30. The molecule has 0 aliphatic heterocycles. The number of hydrazine groups is 1. The molecular formula is C17H32N4. The Hall–Kier alpha value is -0.870. The molecule has 3 N–H and O–H groups in total. The van der Waals surface area contributed by atoms with E-state index in [-0.39, 0.29) is 0 Å². The van der Waals surface area contributed by atoms with E-state index in [0.29, 0.717) is 28.8 Å².